The lowest BCUT2D eigenvalue weighted by molar-refractivity contribution is -0.193. The van der Waals surface area contributed by atoms with E-state index in [0.717, 1.165) is 89.8 Å². The highest BCUT2D eigenvalue weighted by molar-refractivity contribution is 5.86. The Kier molecular flexibility index (Phi) is 11.8. The maximum atomic E-state index is 12.3. The van der Waals surface area contributed by atoms with Gasteiger partial charge in [0.25, 0.3) is 0 Å². The predicted molar refractivity (Wildman–Crippen MR) is 175 cm³/mol. The molecular formula is C38H64O6. The number of unbranched alkanes of at least 4 members (excludes halogenated alkanes) is 8. The zero-order chi connectivity index (χ0) is 31.1. The first-order valence-corrected chi connectivity index (χ1v) is 18.8. The van der Waals surface area contributed by atoms with E-state index < -0.39 is 5.97 Å². The summed E-state index contributed by atoms with van der Waals surface area (Å²) in [4.78, 5) is 12.3. The molecule has 4 aliphatic carbocycles. The maximum absolute atomic E-state index is 12.3. The Morgan fingerprint density at radius 3 is 1.73 bits per heavy atom. The summed E-state index contributed by atoms with van der Waals surface area (Å²) in [5, 5.41) is 10.1. The lowest BCUT2D eigenvalue weighted by Gasteiger charge is -2.62. The van der Waals surface area contributed by atoms with Crippen molar-refractivity contribution in [3.63, 3.8) is 0 Å². The molecule has 252 valence electrons. The van der Waals surface area contributed by atoms with E-state index in [1.54, 1.807) is 6.92 Å². The van der Waals surface area contributed by atoms with Gasteiger partial charge >= 0.3 is 5.97 Å². The molecule has 1 N–H and O–H groups in total. The predicted octanol–water partition coefficient (Wildman–Crippen LogP) is 9.54. The van der Waals surface area contributed by atoms with Gasteiger partial charge < -0.3 is 24.1 Å². The van der Waals surface area contributed by atoms with Gasteiger partial charge in [-0.2, -0.15) is 0 Å². The number of hydrogen-bond acceptors (Lipinski definition) is 5. The molecule has 0 aromatic rings. The first-order chi connectivity index (χ1) is 21.3. The molecule has 2 heterocycles. The third-order valence-electron chi connectivity index (χ3n) is 12.6. The number of carboxylic acids is 1. The van der Waals surface area contributed by atoms with Crippen molar-refractivity contribution in [2.75, 3.05) is 26.4 Å². The number of allylic oxidation sites excluding steroid dienone is 1. The highest BCUT2D eigenvalue weighted by Gasteiger charge is 2.60. The molecule has 44 heavy (non-hydrogen) atoms. The SMILES string of the molecule is CCC1(CCCCCCCOC(=C(C)C(=O)O)C23CC4CC(CC(OCCCCCCCC5(CC)CCO5)(C4)C2)C3)CCO1. The minimum atomic E-state index is -0.831. The number of hydrogen-bond donors (Lipinski definition) is 1. The Balaban J connectivity index is 1.06. The van der Waals surface area contributed by atoms with Gasteiger partial charge in [-0.3, -0.25) is 0 Å². The van der Waals surface area contributed by atoms with Crippen LogP contribution in [0.1, 0.15) is 162 Å². The van der Waals surface area contributed by atoms with E-state index in [2.05, 4.69) is 13.8 Å². The molecule has 6 fully saturated rings. The van der Waals surface area contributed by atoms with Crippen molar-refractivity contribution in [1.82, 2.24) is 0 Å². The van der Waals surface area contributed by atoms with Crippen LogP contribution in [0.5, 0.6) is 0 Å². The van der Waals surface area contributed by atoms with Gasteiger partial charge in [-0.1, -0.05) is 65.2 Å². The molecule has 4 bridgehead atoms. The van der Waals surface area contributed by atoms with Crippen LogP contribution in [-0.4, -0.2) is 54.3 Å². The summed E-state index contributed by atoms with van der Waals surface area (Å²) in [7, 11) is 0. The Bertz CT molecular complexity index is 937. The molecule has 0 aromatic carbocycles. The van der Waals surface area contributed by atoms with Crippen LogP contribution in [0.3, 0.4) is 0 Å². The quantitative estimate of drug-likeness (QED) is 0.0742. The van der Waals surface area contributed by atoms with Crippen molar-refractivity contribution in [3.8, 4) is 0 Å². The van der Waals surface area contributed by atoms with Crippen LogP contribution in [0.15, 0.2) is 11.3 Å². The monoisotopic (exact) mass is 616 g/mol. The number of rotatable bonds is 22. The van der Waals surface area contributed by atoms with Crippen molar-refractivity contribution in [1.29, 1.82) is 0 Å². The summed E-state index contributed by atoms with van der Waals surface area (Å²) in [6.07, 6.45) is 25.8. The van der Waals surface area contributed by atoms with Gasteiger partial charge in [0.1, 0.15) is 5.76 Å². The lowest BCUT2D eigenvalue weighted by atomic mass is 9.47. The molecule has 4 saturated carbocycles. The van der Waals surface area contributed by atoms with Crippen LogP contribution in [0.25, 0.3) is 0 Å². The highest BCUT2D eigenvalue weighted by atomic mass is 16.5. The van der Waals surface area contributed by atoms with Gasteiger partial charge in [0, 0.05) is 12.0 Å². The van der Waals surface area contributed by atoms with Gasteiger partial charge in [0.05, 0.1) is 42.2 Å². The van der Waals surface area contributed by atoms with Crippen LogP contribution < -0.4 is 0 Å². The minimum Gasteiger partial charge on any atom is -0.497 e. The molecule has 6 nitrogen and oxygen atoms in total. The van der Waals surface area contributed by atoms with Crippen molar-refractivity contribution in [3.05, 3.63) is 11.3 Å². The van der Waals surface area contributed by atoms with Gasteiger partial charge in [0.15, 0.2) is 0 Å². The summed E-state index contributed by atoms with van der Waals surface area (Å²) in [6, 6.07) is 0. The zero-order valence-electron chi connectivity index (χ0n) is 28.5. The molecule has 2 aliphatic heterocycles. The standard InChI is InChI=1S/C38H64O6/c1-4-36(18-22-43-36)16-12-8-6-10-14-20-41-33(30(3)34(39)40)35-25-31-24-32(26-35)28-38(27-31,29-35)42-21-15-11-7-9-13-17-37(5-2)19-23-44-37/h31-32H,4-29H2,1-3H3,(H,39,40). The number of ether oxygens (including phenoxy) is 4. The first-order valence-electron chi connectivity index (χ1n) is 18.8. The second-order valence-electron chi connectivity index (χ2n) is 15.7. The van der Waals surface area contributed by atoms with Crippen molar-refractivity contribution in [2.45, 2.75) is 179 Å². The Morgan fingerprint density at radius 2 is 1.25 bits per heavy atom. The van der Waals surface area contributed by atoms with E-state index in [1.807, 2.05) is 0 Å². The molecule has 6 heteroatoms. The van der Waals surface area contributed by atoms with Crippen LogP contribution >= 0.6 is 0 Å². The molecule has 4 atom stereocenters. The molecule has 0 aromatic heterocycles. The third-order valence-corrected chi connectivity index (χ3v) is 12.6. The molecule has 6 aliphatic rings. The van der Waals surface area contributed by atoms with E-state index in [0.29, 0.717) is 24.0 Å². The maximum Gasteiger partial charge on any atom is 0.334 e. The largest absolute Gasteiger partial charge is 0.497 e. The number of aliphatic carboxylic acids is 1. The van der Waals surface area contributed by atoms with Crippen molar-refractivity contribution in [2.24, 2.45) is 17.3 Å². The van der Waals surface area contributed by atoms with E-state index in [4.69, 9.17) is 18.9 Å². The third kappa shape index (κ3) is 8.05. The summed E-state index contributed by atoms with van der Waals surface area (Å²) >= 11 is 0. The van der Waals surface area contributed by atoms with E-state index in [1.165, 1.54) is 77.0 Å². The zero-order valence-corrected chi connectivity index (χ0v) is 28.5. The van der Waals surface area contributed by atoms with Gasteiger partial charge in [-0.15, -0.1) is 0 Å². The number of carboxylic acid groups (broad SMARTS) is 1. The second kappa shape index (κ2) is 15.2. The van der Waals surface area contributed by atoms with Crippen molar-refractivity contribution >= 4 is 5.97 Å². The lowest BCUT2D eigenvalue weighted by Crippen LogP contribution is -2.57. The molecule has 4 unspecified atom stereocenters. The summed E-state index contributed by atoms with van der Waals surface area (Å²) < 4.78 is 25.1. The van der Waals surface area contributed by atoms with E-state index in [-0.39, 0.29) is 22.2 Å². The van der Waals surface area contributed by atoms with Crippen molar-refractivity contribution < 1.29 is 28.8 Å². The smallest absolute Gasteiger partial charge is 0.334 e. The Hall–Kier alpha value is -1.11. The minimum absolute atomic E-state index is 0.0907. The normalized spacial score (nSPS) is 36.1. The van der Waals surface area contributed by atoms with E-state index in [9.17, 15) is 9.90 Å². The van der Waals surface area contributed by atoms with Crippen LogP contribution in [-0.2, 0) is 23.7 Å². The van der Waals surface area contributed by atoms with E-state index >= 15 is 0 Å². The van der Waals surface area contributed by atoms with Gasteiger partial charge in [-0.25, -0.2) is 4.79 Å². The highest BCUT2D eigenvalue weighted by Crippen LogP contribution is 2.65. The molecule has 6 rings (SSSR count). The fourth-order valence-corrected chi connectivity index (χ4v) is 10.1. The van der Waals surface area contributed by atoms with Crippen LogP contribution in [0, 0.1) is 17.3 Å². The molecule has 0 radical (unpaired) electrons. The summed E-state index contributed by atoms with van der Waals surface area (Å²) in [5.41, 5.74) is 0.551. The van der Waals surface area contributed by atoms with Crippen LogP contribution in [0.4, 0.5) is 0 Å². The van der Waals surface area contributed by atoms with Gasteiger partial charge in [-0.05, 0) is 109 Å². The summed E-state index contributed by atoms with van der Waals surface area (Å²) in [6.45, 7) is 9.62. The molecule has 2 saturated heterocycles. The molecule has 0 spiro atoms. The molecular weight excluding hydrogens is 552 g/mol. The second-order valence-corrected chi connectivity index (χ2v) is 15.7. The average Bonchev–Trinajstić information content (AvgIpc) is 2.94. The summed E-state index contributed by atoms with van der Waals surface area (Å²) in [5.74, 6) is 1.21. The fraction of sp³-hybridized carbons (Fsp3) is 0.921. The van der Waals surface area contributed by atoms with Gasteiger partial charge in [0.2, 0.25) is 0 Å². The fourth-order valence-electron chi connectivity index (χ4n) is 10.1. The Labute approximate surface area is 268 Å². The number of carbonyl (C=O) groups is 1. The topological polar surface area (TPSA) is 74.2 Å². The first kappa shape index (κ1) is 34.2. The molecule has 0 amide bonds. The van der Waals surface area contributed by atoms with Crippen LogP contribution in [0.2, 0.25) is 0 Å². The average molecular weight is 617 g/mol. The Morgan fingerprint density at radius 1 is 0.750 bits per heavy atom.